The molecular formula is C10H18N2O3S. The summed E-state index contributed by atoms with van der Waals surface area (Å²) in [5.74, 6) is 0. The molecule has 0 aliphatic rings. The van der Waals surface area contributed by atoms with Crippen molar-refractivity contribution in [3.05, 3.63) is 11.1 Å². The van der Waals surface area contributed by atoms with Gasteiger partial charge in [0.2, 0.25) is 0 Å². The van der Waals surface area contributed by atoms with Gasteiger partial charge in [0.1, 0.15) is 0 Å². The SMILES string of the molecule is COCCOCCOCCc1cnc(N)s1. The average molecular weight is 246 g/mol. The van der Waals surface area contributed by atoms with Gasteiger partial charge in [0.05, 0.1) is 33.0 Å². The summed E-state index contributed by atoms with van der Waals surface area (Å²) in [7, 11) is 1.65. The number of ether oxygens (including phenoxy) is 3. The van der Waals surface area contributed by atoms with Gasteiger partial charge in [-0.05, 0) is 0 Å². The standard InChI is InChI=1S/C10H18N2O3S/c1-13-4-5-15-7-6-14-3-2-9-8-12-10(11)16-9/h8H,2-7H2,1H3,(H2,11,12). The molecule has 1 heterocycles. The molecule has 1 aromatic heterocycles. The lowest BCUT2D eigenvalue weighted by molar-refractivity contribution is 0.0256. The fraction of sp³-hybridized carbons (Fsp3) is 0.700. The van der Waals surface area contributed by atoms with Crippen molar-refractivity contribution in [2.75, 3.05) is 45.9 Å². The second-order valence-corrected chi connectivity index (χ2v) is 4.28. The lowest BCUT2D eigenvalue weighted by Crippen LogP contribution is -2.09. The van der Waals surface area contributed by atoms with E-state index in [4.69, 9.17) is 19.9 Å². The van der Waals surface area contributed by atoms with E-state index in [1.165, 1.54) is 11.3 Å². The molecule has 0 amide bonds. The van der Waals surface area contributed by atoms with E-state index in [-0.39, 0.29) is 0 Å². The van der Waals surface area contributed by atoms with Crippen molar-refractivity contribution < 1.29 is 14.2 Å². The van der Waals surface area contributed by atoms with Crippen LogP contribution >= 0.6 is 11.3 Å². The van der Waals surface area contributed by atoms with Crippen molar-refractivity contribution in [2.24, 2.45) is 0 Å². The fourth-order valence-corrected chi connectivity index (χ4v) is 1.74. The summed E-state index contributed by atoms with van der Waals surface area (Å²) < 4.78 is 15.5. The first-order valence-corrected chi connectivity index (χ1v) is 5.99. The number of thiazole rings is 1. The van der Waals surface area contributed by atoms with Crippen LogP contribution in [0.3, 0.4) is 0 Å². The van der Waals surface area contributed by atoms with Crippen LogP contribution in [0.1, 0.15) is 4.88 Å². The van der Waals surface area contributed by atoms with Crippen LogP contribution in [0.5, 0.6) is 0 Å². The predicted octanol–water partition coefficient (Wildman–Crippen LogP) is 0.947. The van der Waals surface area contributed by atoms with Crippen molar-refractivity contribution >= 4 is 16.5 Å². The predicted molar refractivity (Wildman–Crippen MR) is 63.7 cm³/mol. The minimum absolute atomic E-state index is 0.605. The molecule has 16 heavy (non-hydrogen) atoms. The maximum absolute atomic E-state index is 5.51. The molecule has 2 N–H and O–H groups in total. The lowest BCUT2D eigenvalue weighted by atomic mass is 10.4. The lowest BCUT2D eigenvalue weighted by Gasteiger charge is -2.04. The Hall–Kier alpha value is -0.690. The molecule has 0 aliphatic heterocycles. The van der Waals surface area contributed by atoms with Gasteiger partial charge in [-0.25, -0.2) is 4.98 Å². The highest BCUT2D eigenvalue weighted by Crippen LogP contribution is 2.14. The third-order valence-corrected chi connectivity index (χ3v) is 2.75. The Balaban J connectivity index is 1.88. The van der Waals surface area contributed by atoms with Crippen molar-refractivity contribution in [1.29, 1.82) is 0 Å². The van der Waals surface area contributed by atoms with Crippen molar-refractivity contribution in [2.45, 2.75) is 6.42 Å². The van der Waals surface area contributed by atoms with Gasteiger partial charge in [-0.15, -0.1) is 11.3 Å². The average Bonchev–Trinajstić information content (AvgIpc) is 2.68. The van der Waals surface area contributed by atoms with E-state index >= 15 is 0 Å². The Morgan fingerprint density at radius 3 is 2.50 bits per heavy atom. The summed E-state index contributed by atoms with van der Waals surface area (Å²) in [6, 6.07) is 0. The van der Waals surface area contributed by atoms with E-state index < -0.39 is 0 Å². The van der Waals surface area contributed by atoms with E-state index in [0.717, 1.165) is 11.3 Å². The topological polar surface area (TPSA) is 66.6 Å². The van der Waals surface area contributed by atoms with Gasteiger partial charge >= 0.3 is 0 Å². The Kier molecular flexibility index (Phi) is 7.07. The number of nitrogens with zero attached hydrogens (tertiary/aromatic N) is 1. The highest BCUT2D eigenvalue weighted by Gasteiger charge is 1.98. The number of hydrogen-bond acceptors (Lipinski definition) is 6. The highest BCUT2D eigenvalue weighted by molar-refractivity contribution is 7.15. The third kappa shape index (κ3) is 6.02. The monoisotopic (exact) mass is 246 g/mol. The van der Waals surface area contributed by atoms with E-state index in [0.29, 0.717) is 38.2 Å². The molecular weight excluding hydrogens is 228 g/mol. The minimum Gasteiger partial charge on any atom is -0.382 e. The van der Waals surface area contributed by atoms with Gasteiger partial charge in [-0.3, -0.25) is 0 Å². The minimum atomic E-state index is 0.605. The van der Waals surface area contributed by atoms with Gasteiger partial charge in [-0.2, -0.15) is 0 Å². The van der Waals surface area contributed by atoms with Gasteiger partial charge in [-0.1, -0.05) is 0 Å². The molecule has 0 atom stereocenters. The zero-order valence-corrected chi connectivity index (χ0v) is 10.3. The van der Waals surface area contributed by atoms with Crippen LogP contribution in [0.4, 0.5) is 5.13 Å². The maximum Gasteiger partial charge on any atom is 0.180 e. The normalized spacial score (nSPS) is 10.8. The Morgan fingerprint density at radius 1 is 1.19 bits per heavy atom. The zero-order valence-electron chi connectivity index (χ0n) is 9.48. The Morgan fingerprint density at radius 2 is 1.88 bits per heavy atom. The second kappa shape index (κ2) is 8.46. The molecule has 6 heteroatoms. The molecule has 0 aromatic carbocycles. The van der Waals surface area contributed by atoms with Gasteiger partial charge in [0.25, 0.3) is 0 Å². The molecule has 0 fully saturated rings. The molecule has 1 rings (SSSR count). The van der Waals surface area contributed by atoms with Crippen LogP contribution in [0.2, 0.25) is 0 Å². The molecule has 92 valence electrons. The number of nitrogens with two attached hydrogens (primary N) is 1. The number of nitrogen functional groups attached to an aromatic ring is 1. The Labute approximate surface area is 99.5 Å². The van der Waals surface area contributed by atoms with Crippen molar-refractivity contribution in [3.8, 4) is 0 Å². The third-order valence-electron chi connectivity index (χ3n) is 1.87. The summed E-state index contributed by atoms with van der Waals surface area (Å²) in [6.07, 6.45) is 2.64. The Bertz CT molecular complexity index is 281. The maximum atomic E-state index is 5.51. The van der Waals surface area contributed by atoms with E-state index in [1.54, 1.807) is 13.3 Å². The number of aromatic nitrogens is 1. The molecule has 0 bridgehead atoms. The summed E-state index contributed by atoms with van der Waals surface area (Å²) in [5.41, 5.74) is 5.51. The van der Waals surface area contributed by atoms with E-state index in [9.17, 15) is 0 Å². The highest BCUT2D eigenvalue weighted by atomic mass is 32.1. The van der Waals surface area contributed by atoms with Crippen molar-refractivity contribution in [3.63, 3.8) is 0 Å². The van der Waals surface area contributed by atoms with Crippen LogP contribution in [-0.2, 0) is 20.6 Å². The van der Waals surface area contributed by atoms with Crippen LogP contribution < -0.4 is 5.73 Å². The van der Waals surface area contributed by atoms with E-state index in [2.05, 4.69) is 4.98 Å². The molecule has 5 nitrogen and oxygen atoms in total. The summed E-state index contributed by atoms with van der Waals surface area (Å²) in [6.45, 7) is 3.13. The second-order valence-electron chi connectivity index (χ2n) is 3.13. The molecule has 1 aromatic rings. The smallest absolute Gasteiger partial charge is 0.180 e. The quantitative estimate of drug-likeness (QED) is 0.657. The fourth-order valence-electron chi connectivity index (χ4n) is 1.08. The number of hydrogen-bond donors (Lipinski definition) is 1. The van der Waals surface area contributed by atoms with Gasteiger partial charge < -0.3 is 19.9 Å². The van der Waals surface area contributed by atoms with Gasteiger partial charge in [0, 0.05) is 24.6 Å². The largest absolute Gasteiger partial charge is 0.382 e. The first-order valence-electron chi connectivity index (χ1n) is 5.17. The van der Waals surface area contributed by atoms with Gasteiger partial charge in [0.15, 0.2) is 5.13 Å². The molecule has 0 spiro atoms. The zero-order chi connectivity index (χ0) is 11.6. The summed E-state index contributed by atoms with van der Waals surface area (Å²) >= 11 is 1.50. The first-order chi connectivity index (χ1) is 7.83. The van der Waals surface area contributed by atoms with E-state index in [1.807, 2.05) is 0 Å². The summed E-state index contributed by atoms with van der Waals surface area (Å²) in [4.78, 5) is 5.12. The number of anilines is 1. The number of methoxy groups -OCH3 is 1. The first kappa shape index (κ1) is 13.4. The van der Waals surface area contributed by atoms with Crippen LogP contribution in [-0.4, -0.2) is 45.1 Å². The molecule has 0 radical (unpaired) electrons. The summed E-state index contributed by atoms with van der Waals surface area (Å²) in [5, 5.41) is 0.609. The van der Waals surface area contributed by atoms with Crippen LogP contribution in [0, 0.1) is 0 Å². The van der Waals surface area contributed by atoms with Crippen LogP contribution in [0.25, 0.3) is 0 Å². The molecule has 0 saturated heterocycles. The van der Waals surface area contributed by atoms with Crippen molar-refractivity contribution in [1.82, 2.24) is 4.98 Å². The molecule has 0 saturated carbocycles. The molecule has 0 aliphatic carbocycles. The van der Waals surface area contributed by atoms with Crippen LogP contribution in [0.15, 0.2) is 6.20 Å². The number of rotatable bonds is 9. The molecule has 0 unspecified atom stereocenters.